The second-order valence-corrected chi connectivity index (χ2v) is 4.52. The largest absolute Gasteiger partial charge is 0.467 e. The van der Waals surface area contributed by atoms with Gasteiger partial charge in [0.15, 0.2) is 0 Å². The van der Waals surface area contributed by atoms with E-state index in [-0.39, 0.29) is 18.8 Å². The zero-order chi connectivity index (χ0) is 15.7. The molecule has 0 rings (SSSR count). The molecular formula is C12H19N3O5. The van der Waals surface area contributed by atoms with E-state index in [4.69, 9.17) is 5.53 Å². The van der Waals surface area contributed by atoms with Crippen molar-refractivity contribution in [3.8, 4) is 0 Å². The van der Waals surface area contributed by atoms with Gasteiger partial charge in [0.1, 0.15) is 12.1 Å². The number of aliphatic hydroxyl groups is 1. The Bertz CT molecular complexity index is 415. The van der Waals surface area contributed by atoms with Crippen molar-refractivity contribution >= 4 is 23.9 Å². The molecule has 20 heavy (non-hydrogen) atoms. The summed E-state index contributed by atoms with van der Waals surface area (Å²) in [4.78, 5) is 36.9. The van der Waals surface area contributed by atoms with Crippen LogP contribution in [-0.2, 0) is 19.1 Å². The lowest BCUT2D eigenvalue weighted by Gasteiger charge is -2.19. The van der Waals surface area contributed by atoms with Crippen molar-refractivity contribution in [2.24, 2.45) is 5.92 Å². The van der Waals surface area contributed by atoms with E-state index in [1.165, 1.54) is 0 Å². The molecule has 0 saturated heterocycles. The Morgan fingerprint density at radius 3 is 2.45 bits per heavy atom. The monoisotopic (exact) mass is 285 g/mol. The van der Waals surface area contributed by atoms with Gasteiger partial charge in [-0.1, -0.05) is 13.8 Å². The number of hydrogen-bond acceptors (Lipinski definition) is 5. The number of methoxy groups -OCH3 is 1. The lowest BCUT2D eigenvalue weighted by atomic mass is 10.0. The number of carbonyl (C=O) groups is 3. The molecule has 0 aliphatic rings. The first kappa shape index (κ1) is 17.9. The molecule has 0 aromatic carbocycles. The maximum Gasteiger partial charge on any atom is 0.328 e. The van der Waals surface area contributed by atoms with Crippen LogP contribution >= 0.6 is 0 Å². The van der Waals surface area contributed by atoms with Gasteiger partial charge < -0.3 is 20.7 Å². The molecule has 0 aromatic heterocycles. The molecule has 0 bridgehead atoms. The molecule has 1 amide bonds. The fourth-order valence-corrected chi connectivity index (χ4v) is 1.37. The van der Waals surface area contributed by atoms with E-state index in [0.29, 0.717) is 6.21 Å². The first-order chi connectivity index (χ1) is 9.33. The highest BCUT2D eigenvalue weighted by molar-refractivity contribution is 6.25. The van der Waals surface area contributed by atoms with Crippen LogP contribution < -0.4 is 5.32 Å². The zero-order valence-corrected chi connectivity index (χ0v) is 11.7. The van der Waals surface area contributed by atoms with Gasteiger partial charge in [0.2, 0.25) is 11.7 Å². The van der Waals surface area contributed by atoms with Crippen LogP contribution in [0.3, 0.4) is 0 Å². The van der Waals surface area contributed by atoms with E-state index in [1.807, 2.05) is 0 Å². The van der Waals surface area contributed by atoms with E-state index in [2.05, 4.69) is 14.8 Å². The van der Waals surface area contributed by atoms with Crippen molar-refractivity contribution in [2.45, 2.75) is 38.8 Å². The number of nitrogens with one attached hydrogen (secondary N) is 1. The van der Waals surface area contributed by atoms with E-state index in [9.17, 15) is 19.5 Å². The third-order valence-electron chi connectivity index (χ3n) is 2.58. The molecule has 0 saturated carbocycles. The number of aliphatic hydroxyl groups excluding tert-OH is 1. The lowest BCUT2D eigenvalue weighted by molar-refractivity contribution is -0.147. The Labute approximate surface area is 116 Å². The average molecular weight is 285 g/mol. The molecule has 2 atom stereocenters. The number of ether oxygens (including phenoxy) is 1. The molecule has 0 aliphatic heterocycles. The van der Waals surface area contributed by atoms with E-state index < -0.39 is 29.8 Å². The quantitative estimate of drug-likeness (QED) is 0.264. The van der Waals surface area contributed by atoms with Gasteiger partial charge in [-0.25, -0.2) is 4.79 Å². The van der Waals surface area contributed by atoms with Gasteiger partial charge in [0.05, 0.1) is 7.11 Å². The standard InChI is InChI=1S/C12H19N3O5/c1-7(2)10(17)11(18)15-9(12(19)20-3)5-4-8(16)6-14-13/h6-7,9-10,17H,4-5H2,1-3H3,(H,15,18)/t9-,10-/m0/s1. The third-order valence-corrected chi connectivity index (χ3v) is 2.58. The minimum Gasteiger partial charge on any atom is -0.467 e. The molecule has 0 fully saturated rings. The van der Waals surface area contributed by atoms with Gasteiger partial charge in [-0.05, 0) is 12.3 Å². The molecule has 0 unspecified atom stereocenters. The highest BCUT2D eigenvalue weighted by Gasteiger charge is 2.27. The fourth-order valence-electron chi connectivity index (χ4n) is 1.37. The number of amides is 1. The van der Waals surface area contributed by atoms with E-state index in [0.717, 1.165) is 7.11 Å². The minimum absolute atomic E-state index is 0.0198. The summed E-state index contributed by atoms with van der Waals surface area (Å²) in [5.74, 6) is -2.24. The molecule has 0 aromatic rings. The van der Waals surface area contributed by atoms with Gasteiger partial charge in [-0.3, -0.25) is 9.59 Å². The Morgan fingerprint density at radius 1 is 1.40 bits per heavy atom. The summed E-state index contributed by atoms with van der Waals surface area (Å²) in [5, 5.41) is 11.9. The number of rotatable bonds is 8. The number of nitrogens with zero attached hydrogens (tertiary/aromatic N) is 2. The highest BCUT2D eigenvalue weighted by atomic mass is 16.5. The minimum atomic E-state index is -1.25. The molecule has 2 N–H and O–H groups in total. The van der Waals surface area contributed by atoms with Crippen LogP contribution in [0.4, 0.5) is 0 Å². The van der Waals surface area contributed by atoms with Gasteiger partial charge in [-0.2, -0.15) is 4.79 Å². The molecule has 112 valence electrons. The number of carbonyl (C=O) groups excluding carboxylic acids is 3. The Hall–Kier alpha value is -2.05. The zero-order valence-electron chi connectivity index (χ0n) is 11.7. The predicted molar refractivity (Wildman–Crippen MR) is 68.7 cm³/mol. The SMILES string of the molecule is COC(=O)[C@H](CCC(=O)C=[N+]=[N-])NC(=O)[C@@H](O)C(C)C. The average Bonchev–Trinajstić information content (AvgIpc) is 2.41. The number of hydrogen-bond donors (Lipinski definition) is 2. The number of ketones is 1. The van der Waals surface area contributed by atoms with Crippen molar-refractivity contribution in [3.63, 3.8) is 0 Å². The van der Waals surface area contributed by atoms with E-state index >= 15 is 0 Å². The van der Waals surface area contributed by atoms with Crippen LogP contribution in [0.15, 0.2) is 0 Å². The van der Waals surface area contributed by atoms with Gasteiger partial charge in [0, 0.05) is 6.42 Å². The van der Waals surface area contributed by atoms with Crippen LogP contribution in [0.5, 0.6) is 0 Å². The Balaban J connectivity index is 4.65. The van der Waals surface area contributed by atoms with Crippen LogP contribution in [-0.4, -0.2) is 53.0 Å². The summed E-state index contributed by atoms with van der Waals surface area (Å²) in [6.45, 7) is 3.30. The number of esters is 1. The predicted octanol–water partition coefficient (Wildman–Crippen LogP) is -0.689. The van der Waals surface area contributed by atoms with Crippen molar-refractivity contribution in [3.05, 3.63) is 5.53 Å². The smallest absolute Gasteiger partial charge is 0.328 e. The Kier molecular flexibility index (Phi) is 8.03. The summed E-state index contributed by atoms with van der Waals surface area (Å²) in [5.41, 5.74) is 8.19. The molecule has 0 aliphatic carbocycles. The van der Waals surface area contributed by atoms with Gasteiger partial charge >= 0.3 is 12.2 Å². The maximum absolute atomic E-state index is 11.7. The van der Waals surface area contributed by atoms with Crippen molar-refractivity contribution in [1.29, 1.82) is 0 Å². The molecule has 8 heteroatoms. The first-order valence-electron chi connectivity index (χ1n) is 6.10. The second-order valence-electron chi connectivity index (χ2n) is 4.52. The van der Waals surface area contributed by atoms with Crippen LogP contribution in [0.1, 0.15) is 26.7 Å². The van der Waals surface area contributed by atoms with Crippen molar-refractivity contribution in [2.75, 3.05) is 7.11 Å². The molecule has 0 spiro atoms. The first-order valence-corrected chi connectivity index (χ1v) is 6.10. The Morgan fingerprint density at radius 2 is 2.00 bits per heavy atom. The fraction of sp³-hybridized carbons (Fsp3) is 0.667. The molecule has 0 heterocycles. The normalized spacial score (nSPS) is 13.1. The summed E-state index contributed by atoms with van der Waals surface area (Å²) < 4.78 is 4.52. The summed E-state index contributed by atoms with van der Waals surface area (Å²) in [6.07, 6.45) is -0.674. The molecular weight excluding hydrogens is 266 g/mol. The van der Waals surface area contributed by atoms with Crippen molar-refractivity contribution < 1.29 is 29.0 Å². The number of Topliss-reactive ketones (excluding diaryl/α,β-unsaturated/α-hetero) is 1. The van der Waals surface area contributed by atoms with Crippen molar-refractivity contribution in [1.82, 2.24) is 5.32 Å². The topological polar surface area (TPSA) is 129 Å². The highest BCUT2D eigenvalue weighted by Crippen LogP contribution is 2.05. The second kappa shape index (κ2) is 8.95. The van der Waals surface area contributed by atoms with Crippen LogP contribution in [0.2, 0.25) is 0 Å². The molecule has 8 nitrogen and oxygen atoms in total. The van der Waals surface area contributed by atoms with Gasteiger partial charge in [-0.15, -0.1) is 0 Å². The summed E-state index contributed by atoms with van der Waals surface area (Å²) in [7, 11) is 1.15. The molecule has 0 radical (unpaired) electrons. The maximum atomic E-state index is 11.7. The third kappa shape index (κ3) is 6.21. The van der Waals surface area contributed by atoms with Gasteiger partial charge in [0.25, 0.3) is 0 Å². The summed E-state index contributed by atoms with van der Waals surface area (Å²) in [6, 6.07) is -1.04. The van der Waals surface area contributed by atoms with E-state index in [1.54, 1.807) is 13.8 Å². The lowest BCUT2D eigenvalue weighted by Crippen LogP contribution is -2.47. The summed E-state index contributed by atoms with van der Waals surface area (Å²) >= 11 is 0. The van der Waals surface area contributed by atoms with Crippen LogP contribution in [0, 0.1) is 5.92 Å². The van der Waals surface area contributed by atoms with Crippen LogP contribution in [0.25, 0.3) is 5.53 Å².